The summed E-state index contributed by atoms with van der Waals surface area (Å²) >= 11 is 0. The van der Waals surface area contributed by atoms with Crippen molar-refractivity contribution in [2.24, 2.45) is 0 Å². The maximum Gasteiger partial charge on any atom is 0.422 e. The average Bonchev–Trinajstić information content (AvgIpc) is 2.14. The number of rotatable bonds is 3. The Labute approximate surface area is 86.3 Å². The monoisotopic (exact) mass is 219 g/mol. The van der Waals surface area contributed by atoms with Crippen LogP contribution < -0.4 is 9.64 Å². The van der Waals surface area contributed by atoms with Crippen LogP contribution in [0.25, 0.3) is 0 Å². The van der Waals surface area contributed by atoms with E-state index in [1.54, 1.807) is 12.1 Å². The Balaban J connectivity index is 2.57. The lowest BCUT2D eigenvalue weighted by molar-refractivity contribution is -0.153. The quantitative estimate of drug-likeness (QED) is 0.775. The lowest BCUT2D eigenvalue weighted by Gasteiger charge is -2.13. The van der Waals surface area contributed by atoms with Gasteiger partial charge in [0.15, 0.2) is 6.61 Å². The molecular weight excluding hydrogens is 207 g/mol. The Kier molecular flexibility index (Phi) is 3.44. The van der Waals surface area contributed by atoms with Crippen LogP contribution >= 0.6 is 0 Å². The Morgan fingerprint density at radius 1 is 1.13 bits per heavy atom. The number of hydrogen-bond acceptors (Lipinski definition) is 2. The van der Waals surface area contributed by atoms with Crippen molar-refractivity contribution in [3.8, 4) is 5.75 Å². The van der Waals surface area contributed by atoms with Crippen molar-refractivity contribution in [3.63, 3.8) is 0 Å². The Bertz CT molecular complexity index is 305. The summed E-state index contributed by atoms with van der Waals surface area (Å²) in [4.78, 5) is 1.85. The zero-order chi connectivity index (χ0) is 11.5. The molecule has 0 aliphatic carbocycles. The molecule has 84 valence electrons. The standard InChI is InChI=1S/C10H12F3NO/c1-14(2)8-3-5-9(6-4-8)15-7-10(11,12)13/h3-6H,7H2,1-2H3. The third kappa shape index (κ3) is 4.10. The molecule has 1 aromatic carbocycles. The van der Waals surface area contributed by atoms with Gasteiger partial charge in [-0.05, 0) is 24.3 Å². The van der Waals surface area contributed by atoms with E-state index in [9.17, 15) is 13.2 Å². The Hall–Kier alpha value is -1.39. The molecule has 0 fully saturated rings. The van der Waals surface area contributed by atoms with Crippen LogP contribution in [0.5, 0.6) is 5.75 Å². The Morgan fingerprint density at radius 2 is 1.67 bits per heavy atom. The van der Waals surface area contributed by atoms with Crippen LogP contribution in [0.1, 0.15) is 0 Å². The van der Waals surface area contributed by atoms with Gasteiger partial charge in [-0.25, -0.2) is 0 Å². The first-order valence-electron chi connectivity index (χ1n) is 4.35. The van der Waals surface area contributed by atoms with Crippen molar-refractivity contribution in [2.45, 2.75) is 6.18 Å². The average molecular weight is 219 g/mol. The number of benzene rings is 1. The van der Waals surface area contributed by atoms with E-state index in [1.807, 2.05) is 19.0 Å². The predicted octanol–water partition coefficient (Wildman–Crippen LogP) is 2.69. The van der Waals surface area contributed by atoms with Gasteiger partial charge in [-0.3, -0.25) is 0 Å². The summed E-state index contributed by atoms with van der Waals surface area (Å²) in [7, 11) is 3.71. The van der Waals surface area contributed by atoms with E-state index in [-0.39, 0.29) is 5.75 Å². The number of ether oxygens (including phenoxy) is 1. The summed E-state index contributed by atoms with van der Waals surface area (Å²) in [6, 6.07) is 6.43. The first kappa shape index (κ1) is 11.7. The van der Waals surface area contributed by atoms with Crippen molar-refractivity contribution in [3.05, 3.63) is 24.3 Å². The molecule has 5 heteroatoms. The summed E-state index contributed by atoms with van der Waals surface area (Å²) in [5.41, 5.74) is 0.911. The summed E-state index contributed by atoms with van der Waals surface area (Å²) in [6.07, 6.45) is -4.29. The molecule has 0 aliphatic heterocycles. The molecule has 0 unspecified atom stereocenters. The lowest BCUT2D eigenvalue weighted by atomic mass is 10.3. The SMILES string of the molecule is CN(C)c1ccc(OCC(F)(F)F)cc1. The highest BCUT2D eigenvalue weighted by Crippen LogP contribution is 2.20. The molecule has 0 saturated heterocycles. The van der Waals surface area contributed by atoms with Gasteiger partial charge in [0, 0.05) is 19.8 Å². The van der Waals surface area contributed by atoms with Gasteiger partial charge < -0.3 is 9.64 Å². The first-order valence-corrected chi connectivity index (χ1v) is 4.35. The molecule has 0 saturated carbocycles. The van der Waals surface area contributed by atoms with E-state index in [0.29, 0.717) is 0 Å². The summed E-state index contributed by atoms with van der Waals surface area (Å²) in [5, 5.41) is 0. The molecule has 1 rings (SSSR count). The molecule has 0 heterocycles. The smallest absolute Gasteiger partial charge is 0.422 e. The highest BCUT2D eigenvalue weighted by molar-refractivity contribution is 5.47. The van der Waals surface area contributed by atoms with Gasteiger partial charge >= 0.3 is 6.18 Å². The number of halogens is 3. The van der Waals surface area contributed by atoms with Crippen molar-refractivity contribution in [1.82, 2.24) is 0 Å². The number of alkyl halides is 3. The third-order valence-corrected chi connectivity index (χ3v) is 1.76. The van der Waals surface area contributed by atoms with Crippen molar-refractivity contribution >= 4 is 5.69 Å². The largest absolute Gasteiger partial charge is 0.484 e. The van der Waals surface area contributed by atoms with Gasteiger partial charge in [-0.1, -0.05) is 0 Å². The predicted molar refractivity (Wildman–Crippen MR) is 52.3 cm³/mol. The molecule has 2 nitrogen and oxygen atoms in total. The molecule has 0 radical (unpaired) electrons. The van der Waals surface area contributed by atoms with E-state index in [0.717, 1.165) is 5.69 Å². The number of hydrogen-bond donors (Lipinski definition) is 0. The minimum absolute atomic E-state index is 0.220. The zero-order valence-corrected chi connectivity index (χ0v) is 8.51. The second-order valence-electron chi connectivity index (χ2n) is 3.29. The minimum atomic E-state index is -4.29. The van der Waals surface area contributed by atoms with Gasteiger partial charge in [-0.2, -0.15) is 13.2 Å². The molecule has 15 heavy (non-hydrogen) atoms. The van der Waals surface area contributed by atoms with Crippen molar-refractivity contribution in [1.29, 1.82) is 0 Å². The van der Waals surface area contributed by atoms with Crippen LogP contribution in [-0.4, -0.2) is 26.9 Å². The molecule has 0 amide bonds. The second-order valence-corrected chi connectivity index (χ2v) is 3.29. The normalized spacial score (nSPS) is 11.3. The summed E-state index contributed by atoms with van der Waals surface area (Å²) < 4.78 is 40.0. The van der Waals surface area contributed by atoms with Crippen molar-refractivity contribution in [2.75, 3.05) is 25.6 Å². The topological polar surface area (TPSA) is 12.5 Å². The third-order valence-electron chi connectivity index (χ3n) is 1.76. The van der Waals surface area contributed by atoms with Crippen LogP contribution in [-0.2, 0) is 0 Å². The fourth-order valence-corrected chi connectivity index (χ4v) is 1.01. The van der Waals surface area contributed by atoms with Gasteiger partial charge in [0.05, 0.1) is 0 Å². The van der Waals surface area contributed by atoms with Gasteiger partial charge in [0.1, 0.15) is 5.75 Å². The van der Waals surface area contributed by atoms with Crippen LogP contribution in [0, 0.1) is 0 Å². The maximum absolute atomic E-state index is 11.8. The van der Waals surface area contributed by atoms with Gasteiger partial charge in [0.25, 0.3) is 0 Å². The zero-order valence-electron chi connectivity index (χ0n) is 8.51. The molecule has 0 N–H and O–H groups in total. The fourth-order valence-electron chi connectivity index (χ4n) is 1.01. The fraction of sp³-hybridized carbons (Fsp3) is 0.400. The van der Waals surface area contributed by atoms with Crippen LogP contribution in [0.4, 0.5) is 18.9 Å². The highest BCUT2D eigenvalue weighted by Gasteiger charge is 2.28. The molecular formula is C10H12F3NO. The summed E-state index contributed by atoms with van der Waals surface area (Å²) in [5.74, 6) is 0.220. The highest BCUT2D eigenvalue weighted by atomic mass is 19.4. The maximum atomic E-state index is 11.8. The van der Waals surface area contributed by atoms with Crippen LogP contribution in [0.2, 0.25) is 0 Å². The number of nitrogens with zero attached hydrogens (tertiary/aromatic N) is 1. The van der Waals surface area contributed by atoms with E-state index >= 15 is 0 Å². The molecule has 1 aromatic rings. The van der Waals surface area contributed by atoms with Crippen molar-refractivity contribution < 1.29 is 17.9 Å². The van der Waals surface area contributed by atoms with Gasteiger partial charge in [0.2, 0.25) is 0 Å². The van der Waals surface area contributed by atoms with Crippen LogP contribution in [0.3, 0.4) is 0 Å². The second kappa shape index (κ2) is 4.42. The van der Waals surface area contributed by atoms with E-state index in [4.69, 9.17) is 0 Å². The lowest BCUT2D eigenvalue weighted by Crippen LogP contribution is -2.19. The van der Waals surface area contributed by atoms with E-state index in [1.165, 1.54) is 12.1 Å². The molecule has 0 atom stereocenters. The Morgan fingerprint density at radius 3 is 2.07 bits per heavy atom. The summed E-state index contributed by atoms with van der Waals surface area (Å²) in [6.45, 7) is -1.26. The van der Waals surface area contributed by atoms with Gasteiger partial charge in [-0.15, -0.1) is 0 Å². The van der Waals surface area contributed by atoms with Crippen LogP contribution in [0.15, 0.2) is 24.3 Å². The molecule has 0 spiro atoms. The molecule has 0 aromatic heterocycles. The number of anilines is 1. The van der Waals surface area contributed by atoms with E-state index < -0.39 is 12.8 Å². The minimum Gasteiger partial charge on any atom is -0.484 e. The van der Waals surface area contributed by atoms with E-state index in [2.05, 4.69) is 4.74 Å². The first-order chi connectivity index (χ1) is 6.88. The molecule has 0 aliphatic rings. The molecule has 0 bridgehead atoms.